The van der Waals surface area contributed by atoms with Crippen LogP contribution in [-0.4, -0.2) is 0 Å². The Morgan fingerprint density at radius 3 is 1.33 bits per heavy atom. The summed E-state index contributed by atoms with van der Waals surface area (Å²) in [5, 5.41) is 0. The maximum atomic E-state index is 2.54. The Morgan fingerprint density at radius 2 is 1.13 bits per heavy atom. The van der Waals surface area contributed by atoms with Gasteiger partial charge in [-0.3, -0.25) is 0 Å². The molecular formula is C15H28. The Hall–Kier alpha value is 0. The molecule has 2 aliphatic rings. The van der Waals surface area contributed by atoms with E-state index in [0.29, 0.717) is 5.41 Å². The summed E-state index contributed by atoms with van der Waals surface area (Å²) in [4.78, 5) is 0. The fraction of sp³-hybridized carbons (Fsp3) is 1.00. The van der Waals surface area contributed by atoms with Gasteiger partial charge in [-0.1, -0.05) is 54.4 Å². The molecule has 2 saturated carbocycles. The molecule has 0 aromatic rings. The molecule has 6 unspecified atom stereocenters. The van der Waals surface area contributed by atoms with Crippen molar-refractivity contribution >= 4 is 0 Å². The first-order chi connectivity index (χ1) is 6.96. The number of rotatable bonds is 4. The Balaban J connectivity index is 2.03. The van der Waals surface area contributed by atoms with Gasteiger partial charge in [0.1, 0.15) is 0 Å². The molecule has 0 aliphatic heterocycles. The summed E-state index contributed by atoms with van der Waals surface area (Å²) in [5.74, 6) is 6.10. The fourth-order valence-electron chi connectivity index (χ4n) is 5.02. The third-order valence-corrected chi connectivity index (χ3v) is 5.79. The molecule has 2 aliphatic carbocycles. The Bertz CT molecular complexity index is 216. The van der Waals surface area contributed by atoms with E-state index in [0.717, 1.165) is 35.5 Å². The van der Waals surface area contributed by atoms with Crippen molar-refractivity contribution in [3.63, 3.8) is 0 Å². The van der Waals surface area contributed by atoms with Gasteiger partial charge in [0, 0.05) is 0 Å². The maximum Gasteiger partial charge on any atom is -0.0287 e. The van der Waals surface area contributed by atoms with Crippen LogP contribution < -0.4 is 0 Å². The van der Waals surface area contributed by atoms with Crippen LogP contribution in [0.2, 0.25) is 0 Å². The quantitative estimate of drug-likeness (QED) is 0.633. The van der Waals surface area contributed by atoms with Gasteiger partial charge in [-0.15, -0.1) is 0 Å². The molecule has 0 saturated heterocycles. The van der Waals surface area contributed by atoms with Crippen molar-refractivity contribution in [2.45, 2.75) is 54.4 Å². The zero-order valence-corrected chi connectivity index (χ0v) is 11.4. The van der Waals surface area contributed by atoms with E-state index in [2.05, 4.69) is 41.5 Å². The Kier molecular flexibility index (Phi) is 2.68. The average molecular weight is 208 g/mol. The van der Waals surface area contributed by atoms with Crippen LogP contribution >= 0.6 is 0 Å². The minimum absolute atomic E-state index is 0.611. The minimum Gasteiger partial charge on any atom is -0.0651 e. The van der Waals surface area contributed by atoms with Crippen LogP contribution in [0.1, 0.15) is 54.4 Å². The first kappa shape index (κ1) is 11.5. The summed E-state index contributed by atoms with van der Waals surface area (Å²) < 4.78 is 0. The minimum atomic E-state index is 0.611. The van der Waals surface area contributed by atoms with Crippen LogP contribution in [0.3, 0.4) is 0 Å². The van der Waals surface area contributed by atoms with Crippen molar-refractivity contribution in [1.29, 1.82) is 0 Å². The average Bonchev–Trinajstić information content (AvgIpc) is 3.01. The largest absolute Gasteiger partial charge is 0.0651 e. The maximum absolute atomic E-state index is 2.54. The van der Waals surface area contributed by atoms with E-state index in [1.165, 1.54) is 12.8 Å². The predicted molar refractivity (Wildman–Crippen MR) is 66.7 cm³/mol. The highest BCUT2D eigenvalue weighted by molar-refractivity contribution is 5.10. The lowest BCUT2D eigenvalue weighted by molar-refractivity contribution is 0.215. The summed E-state index contributed by atoms with van der Waals surface area (Å²) in [7, 11) is 0. The molecule has 0 amide bonds. The molecule has 2 rings (SSSR count). The van der Waals surface area contributed by atoms with E-state index >= 15 is 0 Å². The van der Waals surface area contributed by atoms with Crippen LogP contribution in [-0.2, 0) is 0 Å². The van der Waals surface area contributed by atoms with E-state index in [1.54, 1.807) is 0 Å². The van der Waals surface area contributed by atoms with Crippen molar-refractivity contribution in [3.8, 4) is 0 Å². The lowest BCUT2D eigenvalue weighted by atomic mass is 9.78. The van der Waals surface area contributed by atoms with Gasteiger partial charge in [0.05, 0.1) is 0 Å². The highest BCUT2D eigenvalue weighted by atomic mass is 14.7. The molecule has 0 radical (unpaired) electrons. The van der Waals surface area contributed by atoms with Gasteiger partial charge >= 0.3 is 0 Å². The van der Waals surface area contributed by atoms with Crippen LogP contribution in [0.25, 0.3) is 0 Å². The van der Waals surface area contributed by atoms with Crippen LogP contribution in [0.4, 0.5) is 0 Å². The highest BCUT2D eigenvalue weighted by Crippen LogP contribution is 2.68. The van der Waals surface area contributed by atoms with E-state index in [1.807, 2.05) is 0 Å². The lowest BCUT2D eigenvalue weighted by Crippen LogP contribution is -2.21. The van der Waals surface area contributed by atoms with Gasteiger partial charge in [0.2, 0.25) is 0 Å². The molecule has 0 N–H and O–H groups in total. The number of hydrogen-bond donors (Lipinski definition) is 0. The second-order valence-electron chi connectivity index (χ2n) is 6.74. The zero-order valence-electron chi connectivity index (χ0n) is 11.4. The molecule has 0 aromatic carbocycles. The molecular weight excluding hydrogens is 180 g/mol. The van der Waals surface area contributed by atoms with Crippen molar-refractivity contribution in [2.24, 2.45) is 40.9 Å². The van der Waals surface area contributed by atoms with Gasteiger partial charge in [-0.05, 0) is 40.9 Å². The molecule has 88 valence electrons. The lowest BCUT2D eigenvalue weighted by Gasteiger charge is -2.27. The summed E-state index contributed by atoms with van der Waals surface area (Å²) in [6.07, 6.45) is 2.79. The molecule has 0 spiro atoms. The van der Waals surface area contributed by atoms with Gasteiger partial charge in [-0.2, -0.15) is 0 Å². The van der Waals surface area contributed by atoms with Crippen LogP contribution in [0.15, 0.2) is 0 Å². The summed E-state index contributed by atoms with van der Waals surface area (Å²) >= 11 is 0. The SMILES string of the molecule is CCC1C(C)C1C(C)(C)C1C(C)C1CC. The molecule has 0 aromatic heterocycles. The van der Waals surface area contributed by atoms with Crippen molar-refractivity contribution in [2.75, 3.05) is 0 Å². The normalized spacial score (nSPS) is 49.2. The highest BCUT2D eigenvalue weighted by Gasteiger charge is 2.63. The summed E-state index contributed by atoms with van der Waals surface area (Å²) in [6, 6.07) is 0. The van der Waals surface area contributed by atoms with Gasteiger partial charge < -0.3 is 0 Å². The first-order valence-electron chi connectivity index (χ1n) is 6.96. The van der Waals surface area contributed by atoms with Crippen LogP contribution in [0, 0.1) is 40.9 Å². The third kappa shape index (κ3) is 1.56. The van der Waals surface area contributed by atoms with Gasteiger partial charge in [0.25, 0.3) is 0 Å². The van der Waals surface area contributed by atoms with E-state index in [9.17, 15) is 0 Å². The zero-order chi connectivity index (χ0) is 11.4. The second-order valence-corrected chi connectivity index (χ2v) is 6.74. The topological polar surface area (TPSA) is 0 Å². The Labute approximate surface area is 95.8 Å². The third-order valence-electron chi connectivity index (χ3n) is 5.79. The molecule has 0 heterocycles. The predicted octanol–water partition coefficient (Wildman–Crippen LogP) is 4.60. The number of hydrogen-bond acceptors (Lipinski definition) is 0. The van der Waals surface area contributed by atoms with E-state index in [4.69, 9.17) is 0 Å². The molecule has 0 bridgehead atoms. The van der Waals surface area contributed by atoms with Crippen molar-refractivity contribution < 1.29 is 0 Å². The second kappa shape index (κ2) is 3.50. The summed E-state index contributed by atoms with van der Waals surface area (Å²) in [6.45, 7) is 14.8. The van der Waals surface area contributed by atoms with Gasteiger partial charge in [-0.25, -0.2) is 0 Å². The first-order valence-corrected chi connectivity index (χ1v) is 6.96. The van der Waals surface area contributed by atoms with Gasteiger partial charge in [0.15, 0.2) is 0 Å². The molecule has 0 nitrogen and oxygen atoms in total. The molecule has 15 heavy (non-hydrogen) atoms. The molecule has 6 atom stereocenters. The summed E-state index contributed by atoms with van der Waals surface area (Å²) in [5.41, 5.74) is 0.611. The standard InChI is InChI=1S/C15H28/c1-7-11-9(3)13(11)15(5,6)14-10(4)12(14)8-2/h9-14H,7-8H2,1-6H3. The monoisotopic (exact) mass is 208 g/mol. The van der Waals surface area contributed by atoms with Crippen molar-refractivity contribution in [3.05, 3.63) is 0 Å². The molecule has 2 fully saturated rings. The van der Waals surface area contributed by atoms with Crippen LogP contribution in [0.5, 0.6) is 0 Å². The van der Waals surface area contributed by atoms with E-state index in [-0.39, 0.29) is 0 Å². The smallest absolute Gasteiger partial charge is 0.0287 e. The Morgan fingerprint density at radius 1 is 0.800 bits per heavy atom. The van der Waals surface area contributed by atoms with E-state index < -0.39 is 0 Å². The molecule has 0 heteroatoms. The van der Waals surface area contributed by atoms with Crippen molar-refractivity contribution in [1.82, 2.24) is 0 Å². The fourth-order valence-corrected chi connectivity index (χ4v) is 5.02.